The number of alkyl halides is 2. The molecule has 1 saturated heterocycles. The molecule has 7 rings (SSSR count). The van der Waals surface area contributed by atoms with Gasteiger partial charge in [-0.25, -0.2) is 13.2 Å². The Hall–Kier alpha value is -2.16. The maximum absolute atomic E-state index is 15.0. The Morgan fingerprint density at radius 3 is 2.31 bits per heavy atom. The number of fused-ring (bicyclic) bond motifs is 7. The molecular weight excluding hydrogens is 661 g/mol. The molecule has 0 radical (unpaired) electrons. The van der Waals surface area contributed by atoms with E-state index in [9.17, 15) is 28.2 Å². The van der Waals surface area contributed by atoms with Gasteiger partial charge in [-0.1, -0.05) is 65.0 Å². The summed E-state index contributed by atoms with van der Waals surface area (Å²) in [5.74, 6) is -1.04. The molecule has 5 fully saturated rings. The first-order chi connectivity index (χ1) is 24.3. The number of allylic oxidation sites excluding steroid dienone is 3. The first-order valence-corrected chi connectivity index (χ1v) is 20.2. The maximum Gasteiger partial charge on any atom is 0.250 e. The van der Waals surface area contributed by atoms with Gasteiger partial charge in [-0.15, -0.1) is 0 Å². The predicted octanol–water partition coefficient (Wildman–Crippen LogP) is 9.31. The van der Waals surface area contributed by atoms with Crippen molar-refractivity contribution in [3.05, 3.63) is 53.4 Å². The van der Waals surface area contributed by atoms with Crippen molar-refractivity contribution in [2.24, 2.45) is 56.7 Å². The number of hydrogen-bond donors (Lipinski definition) is 3. The molecule has 3 N–H and O–H groups in total. The standard InChI is InChI=1S/C44H63F3N2O3/c1-27(2)29-12-17-43(38(52)48-22-25-49-23-20-44(46,47)21-24-49)19-18-41(6)32(36(29)43)10-11-35-40(5)15-13-31(28-8-9-30(37(50)51)33(45)26-28)39(3,4)34(40)14-16-42(35,41)7/h8-9,13,26,29,32,34-37,50-51H,1,10-12,14-25H2,2-7H3,(H,48,52)/t29-,32+,34-,35+,36+,40-,41+,42+,43-/m0/s1. The monoisotopic (exact) mass is 724 g/mol. The van der Waals surface area contributed by atoms with Crippen LogP contribution in [-0.4, -0.2) is 53.1 Å². The molecule has 4 saturated carbocycles. The molecule has 8 heteroatoms. The van der Waals surface area contributed by atoms with Crippen LogP contribution in [-0.2, 0) is 4.79 Å². The normalized spacial score (nSPS) is 40.9. The molecule has 1 aromatic carbocycles. The zero-order chi connectivity index (χ0) is 37.6. The van der Waals surface area contributed by atoms with E-state index in [1.54, 1.807) is 0 Å². The minimum atomic E-state index is -2.57. The van der Waals surface area contributed by atoms with Crippen LogP contribution in [0.2, 0.25) is 0 Å². The van der Waals surface area contributed by atoms with Crippen molar-refractivity contribution >= 4 is 11.5 Å². The maximum atomic E-state index is 15.0. The number of rotatable bonds is 7. The van der Waals surface area contributed by atoms with Gasteiger partial charge in [-0.2, -0.15) is 0 Å². The lowest BCUT2D eigenvalue weighted by atomic mass is 9.32. The molecule has 6 aliphatic rings. The Bertz CT molecular complexity index is 1610. The van der Waals surface area contributed by atoms with Crippen LogP contribution >= 0.6 is 0 Å². The van der Waals surface area contributed by atoms with Crippen molar-refractivity contribution in [3.8, 4) is 0 Å². The quantitative estimate of drug-likeness (QED) is 0.194. The molecular formula is C44H63F3N2O3. The van der Waals surface area contributed by atoms with E-state index in [0.717, 1.165) is 68.9 Å². The molecule has 5 nitrogen and oxygen atoms in total. The van der Waals surface area contributed by atoms with Crippen LogP contribution < -0.4 is 5.32 Å². The first-order valence-electron chi connectivity index (χ1n) is 20.2. The van der Waals surface area contributed by atoms with E-state index >= 15 is 0 Å². The van der Waals surface area contributed by atoms with Gasteiger partial charge >= 0.3 is 0 Å². The summed E-state index contributed by atoms with van der Waals surface area (Å²) in [4.78, 5) is 16.5. The van der Waals surface area contributed by atoms with Crippen molar-refractivity contribution in [1.82, 2.24) is 10.2 Å². The SMILES string of the molecule is C=C(C)[C@@H]1CC[C@]2(C(=O)NCCN3CCC(F)(F)CC3)CC[C@]3(C)[C@H](CC[C@@H]4[C@@]5(C)CC=C(c6ccc(C(O)O)c(F)c6)C(C)(C)[C@@H]5CC[C@]43C)[C@@H]12. The average molecular weight is 725 g/mol. The molecule has 288 valence electrons. The van der Waals surface area contributed by atoms with E-state index in [2.05, 4.69) is 64.4 Å². The smallest absolute Gasteiger partial charge is 0.250 e. The summed E-state index contributed by atoms with van der Waals surface area (Å²) in [5, 5.41) is 22.6. The number of benzene rings is 1. The van der Waals surface area contributed by atoms with Crippen molar-refractivity contribution in [1.29, 1.82) is 0 Å². The Morgan fingerprint density at radius 1 is 0.942 bits per heavy atom. The number of hydrogen-bond acceptors (Lipinski definition) is 4. The molecule has 5 aliphatic carbocycles. The lowest BCUT2D eigenvalue weighted by Gasteiger charge is -2.72. The van der Waals surface area contributed by atoms with E-state index in [-0.39, 0.29) is 51.9 Å². The Balaban J connectivity index is 1.14. The zero-order valence-corrected chi connectivity index (χ0v) is 32.5. The van der Waals surface area contributed by atoms with E-state index in [1.807, 2.05) is 6.07 Å². The highest BCUT2D eigenvalue weighted by molar-refractivity contribution is 5.84. The molecule has 52 heavy (non-hydrogen) atoms. The number of amides is 1. The molecule has 1 aromatic rings. The number of likely N-dealkylation sites (tertiary alicyclic amines) is 1. The highest BCUT2D eigenvalue weighted by Gasteiger charge is 2.71. The van der Waals surface area contributed by atoms with Crippen molar-refractivity contribution in [2.45, 2.75) is 124 Å². The summed E-state index contributed by atoms with van der Waals surface area (Å²) in [7, 11) is 0. The summed E-state index contributed by atoms with van der Waals surface area (Å²) in [5.41, 5.74) is 2.73. The highest BCUT2D eigenvalue weighted by Crippen LogP contribution is 2.77. The molecule has 1 heterocycles. The van der Waals surface area contributed by atoms with Gasteiger partial charge < -0.3 is 20.4 Å². The minimum Gasteiger partial charge on any atom is -0.364 e. The summed E-state index contributed by atoms with van der Waals surface area (Å²) >= 11 is 0. The second-order valence-electron chi connectivity index (χ2n) is 19.4. The zero-order valence-electron chi connectivity index (χ0n) is 32.5. The van der Waals surface area contributed by atoms with Crippen LogP contribution in [0.15, 0.2) is 36.4 Å². The fourth-order valence-corrected chi connectivity index (χ4v) is 14.1. The van der Waals surface area contributed by atoms with Crippen molar-refractivity contribution in [3.63, 3.8) is 0 Å². The van der Waals surface area contributed by atoms with E-state index in [4.69, 9.17) is 0 Å². The van der Waals surface area contributed by atoms with Crippen LogP contribution in [0.1, 0.15) is 130 Å². The van der Waals surface area contributed by atoms with Gasteiger partial charge in [0.2, 0.25) is 5.91 Å². The topological polar surface area (TPSA) is 72.8 Å². The van der Waals surface area contributed by atoms with Crippen molar-refractivity contribution in [2.75, 3.05) is 26.2 Å². The van der Waals surface area contributed by atoms with Crippen molar-refractivity contribution < 1.29 is 28.2 Å². The molecule has 0 unspecified atom stereocenters. The molecule has 1 aliphatic heterocycles. The van der Waals surface area contributed by atoms with Gasteiger partial charge in [-0.3, -0.25) is 4.79 Å². The van der Waals surface area contributed by atoms with Gasteiger partial charge in [0.25, 0.3) is 5.92 Å². The lowest BCUT2D eigenvalue weighted by Crippen LogP contribution is -2.66. The molecule has 9 atom stereocenters. The Labute approximate surface area is 309 Å². The number of nitrogens with zero attached hydrogens (tertiary/aromatic N) is 1. The largest absolute Gasteiger partial charge is 0.364 e. The fourth-order valence-electron chi connectivity index (χ4n) is 14.1. The van der Waals surface area contributed by atoms with E-state index in [1.165, 1.54) is 17.7 Å². The number of halogens is 3. The van der Waals surface area contributed by atoms with Gasteiger partial charge in [-0.05, 0) is 133 Å². The third-order valence-electron chi connectivity index (χ3n) is 17.0. The fraction of sp³-hybridized carbons (Fsp3) is 0.750. The van der Waals surface area contributed by atoms with E-state index in [0.29, 0.717) is 49.9 Å². The van der Waals surface area contributed by atoms with Crippen LogP contribution in [0.5, 0.6) is 0 Å². The lowest BCUT2D eigenvalue weighted by molar-refractivity contribution is -0.225. The summed E-state index contributed by atoms with van der Waals surface area (Å²) in [6.07, 6.45) is 9.53. The van der Waals surface area contributed by atoms with Crippen LogP contribution in [0.4, 0.5) is 13.2 Å². The molecule has 0 bridgehead atoms. The van der Waals surface area contributed by atoms with Crippen LogP contribution in [0.3, 0.4) is 0 Å². The second kappa shape index (κ2) is 13.0. The minimum absolute atomic E-state index is 0.0709. The number of carbonyl (C=O) groups excluding carboxylic acids is 1. The molecule has 1 amide bonds. The van der Waals surface area contributed by atoms with E-state index < -0.39 is 23.4 Å². The van der Waals surface area contributed by atoms with Gasteiger partial charge in [0.1, 0.15) is 5.82 Å². The average Bonchev–Trinajstić information content (AvgIpc) is 3.47. The third-order valence-corrected chi connectivity index (χ3v) is 17.0. The molecule has 0 aromatic heterocycles. The number of nitrogens with one attached hydrogen (secondary N) is 1. The van der Waals surface area contributed by atoms with Crippen LogP contribution in [0, 0.1) is 62.5 Å². The Morgan fingerprint density at radius 2 is 1.65 bits per heavy atom. The van der Waals surface area contributed by atoms with Gasteiger partial charge in [0.05, 0.1) is 5.41 Å². The van der Waals surface area contributed by atoms with Gasteiger partial charge in [0, 0.05) is 44.6 Å². The summed E-state index contributed by atoms with van der Waals surface area (Å²) in [6.45, 7) is 20.9. The summed E-state index contributed by atoms with van der Waals surface area (Å²) < 4.78 is 42.5. The number of aliphatic hydroxyl groups excluding tert-OH is 1. The number of piperidine rings is 1. The number of aliphatic hydroxyl groups is 2. The predicted molar refractivity (Wildman–Crippen MR) is 200 cm³/mol. The summed E-state index contributed by atoms with van der Waals surface area (Å²) in [6, 6.07) is 4.82. The third kappa shape index (κ3) is 5.69. The number of carbonyl (C=O) groups is 1. The molecule has 0 spiro atoms. The highest BCUT2D eigenvalue weighted by atomic mass is 19.3. The first kappa shape index (κ1) is 38.1. The van der Waals surface area contributed by atoms with Gasteiger partial charge in [0.15, 0.2) is 6.29 Å². The van der Waals surface area contributed by atoms with Crippen LogP contribution in [0.25, 0.3) is 5.57 Å². The Kier molecular flexibility index (Phi) is 9.51. The second-order valence-corrected chi connectivity index (χ2v) is 19.4.